The van der Waals surface area contributed by atoms with Crippen molar-refractivity contribution in [3.05, 3.63) is 45.5 Å². The lowest BCUT2D eigenvalue weighted by Crippen LogP contribution is -2.27. The van der Waals surface area contributed by atoms with E-state index in [9.17, 15) is 24.5 Å². The third-order valence-corrected chi connectivity index (χ3v) is 8.05. The van der Waals surface area contributed by atoms with Gasteiger partial charge >= 0.3 is 5.97 Å². The number of methoxy groups -OCH3 is 2. The number of nitro benzene ring substituents is 1. The van der Waals surface area contributed by atoms with Gasteiger partial charge in [-0.25, -0.2) is 0 Å². The van der Waals surface area contributed by atoms with E-state index < -0.39 is 4.92 Å². The molecule has 1 unspecified atom stereocenters. The number of benzene rings is 2. The number of halogens is 1. The van der Waals surface area contributed by atoms with Gasteiger partial charge in [0.25, 0.3) is 5.69 Å². The molecule has 318 valence electrons. The van der Waals surface area contributed by atoms with Crippen LogP contribution in [0.5, 0.6) is 5.75 Å². The quantitative estimate of drug-likeness (QED) is 0.0206. The van der Waals surface area contributed by atoms with E-state index in [1.54, 1.807) is 26.4 Å². The highest BCUT2D eigenvalue weighted by Crippen LogP contribution is 2.36. The van der Waals surface area contributed by atoms with E-state index >= 15 is 0 Å². The van der Waals surface area contributed by atoms with Crippen LogP contribution in [0.15, 0.2) is 24.3 Å². The Bertz CT molecular complexity index is 1540. The molecule has 0 aliphatic carbocycles. The third-order valence-electron chi connectivity index (χ3n) is 7.83. The number of aldehydes is 2. The first-order chi connectivity index (χ1) is 27.0. The van der Waals surface area contributed by atoms with Crippen LogP contribution >= 0.6 is 11.6 Å². The van der Waals surface area contributed by atoms with Gasteiger partial charge in [0.2, 0.25) is 0 Å². The van der Waals surface area contributed by atoms with Gasteiger partial charge in [-0.15, -0.1) is 11.6 Å². The number of carbonyl (C=O) groups is 3. The van der Waals surface area contributed by atoms with Gasteiger partial charge in [0.15, 0.2) is 0 Å². The van der Waals surface area contributed by atoms with Gasteiger partial charge in [0, 0.05) is 77.2 Å². The van der Waals surface area contributed by atoms with Crippen LogP contribution in [0, 0.1) is 44.1 Å². The summed E-state index contributed by atoms with van der Waals surface area (Å²) < 4.78 is 16.0. The lowest BCUT2D eigenvalue weighted by Gasteiger charge is -2.27. The molecule has 0 amide bonds. The van der Waals surface area contributed by atoms with E-state index in [1.807, 2.05) is 26.1 Å². The van der Waals surface area contributed by atoms with Crippen LogP contribution in [0.25, 0.3) is 0 Å². The molecule has 0 aliphatic rings. The number of nitrogens with one attached hydrogen (secondary N) is 1. The summed E-state index contributed by atoms with van der Waals surface area (Å²) in [5.41, 5.74) is 13.9. The minimum atomic E-state index is -0.679. The smallest absolute Gasteiger partial charge is 0.305 e. The Morgan fingerprint density at radius 1 is 1.02 bits per heavy atom. The van der Waals surface area contributed by atoms with Crippen LogP contribution in [0.2, 0.25) is 0 Å². The van der Waals surface area contributed by atoms with Crippen molar-refractivity contribution in [2.45, 2.75) is 92.4 Å². The highest BCUT2D eigenvalue weighted by Gasteiger charge is 2.17. The highest BCUT2D eigenvalue weighted by molar-refractivity contribution is 6.18. The van der Waals surface area contributed by atoms with Crippen LogP contribution in [0.3, 0.4) is 0 Å². The lowest BCUT2D eigenvalue weighted by atomic mass is 9.84. The van der Waals surface area contributed by atoms with Crippen molar-refractivity contribution in [3.63, 3.8) is 0 Å². The SMILES string of the molecule is CC(CC=O)CC(C)(C)C.CCCC(=O)OCCCCN(CCCCOC)c1cc(NC)c(N)cc1OC.N#Cc1cc([N+](=O)[O-])cc(C#N)c1N.O=CCCCl. The number of non-ortho nitro benzene ring substituents is 1. The number of hydrogen-bond acceptors (Lipinski definition) is 14. The molecule has 2 rings (SSSR count). The number of unbranched alkanes of at least 4 members (excludes halogenated alkanes) is 2. The summed E-state index contributed by atoms with van der Waals surface area (Å²) in [6.45, 7) is 13.7. The Balaban J connectivity index is 0. The summed E-state index contributed by atoms with van der Waals surface area (Å²) in [4.78, 5) is 42.9. The van der Waals surface area contributed by atoms with Gasteiger partial charge < -0.3 is 45.5 Å². The maximum absolute atomic E-state index is 11.5. The fraction of sp³-hybridized carbons (Fsp3) is 0.585. The molecule has 0 radical (unpaired) electrons. The number of nitrogens with zero attached hydrogens (tertiary/aromatic N) is 4. The van der Waals surface area contributed by atoms with E-state index in [4.69, 9.17) is 47.8 Å². The lowest BCUT2D eigenvalue weighted by molar-refractivity contribution is -0.384. The van der Waals surface area contributed by atoms with Gasteiger partial charge in [-0.05, 0) is 55.9 Å². The number of nitriles is 2. The molecule has 15 nitrogen and oxygen atoms in total. The zero-order chi connectivity index (χ0) is 43.8. The van der Waals surface area contributed by atoms with Gasteiger partial charge in [-0.2, -0.15) is 10.5 Å². The average molecular weight is 818 g/mol. The first-order valence-corrected chi connectivity index (χ1v) is 19.4. The van der Waals surface area contributed by atoms with Crippen molar-refractivity contribution in [1.29, 1.82) is 10.5 Å². The van der Waals surface area contributed by atoms with E-state index in [0.29, 0.717) is 48.8 Å². The Kier molecular flexibility index (Phi) is 30.3. The standard InChI is InChI=1S/C21H37N3O4.C9H18O.C8H4N4O2.C3H5ClO/c1-5-10-21(25)28-14-9-7-12-24(11-6-8-13-26-3)19-16-18(23-2)17(22)15-20(19)27-4;1-8(5-6-10)7-9(2,3)4;9-3-5-1-7(12(13)14)2-6(4-10)8(5)11;4-2-1-3-5/h15-16,23H,5-14,22H2,1-4H3;6,8H,5,7H2,1-4H3;1-2H,11H2;3H,1-2H2. The molecule has 0 spiro atoms. The number of carbonyl (C=O) groups excluding carboxylic acids is 3. The summed E-state index contributed by atoms with van der Waals surface area (Å²) in [6, 6.07) is 9.34. The van der Waals surface area contributed by atoms with Crippen LogP contribution in [-0.2, 0) is 23.9 Å². The Hall–Kier alpha value is -5.12. The van der Waals surface area contributed by atoms with E-state index in [-0.39, 0.29) is 28.5 Å². The second-order valence-electron chi connectivity index (χ2n) is 14.1. The molecule has 16 heteroatoms. The Morgan fingerprint density at radius 2 is 1.60 bits per heavy atom. The van der Waals surface area contributed by atoms with Crippen LogP contribution in [-0.4, -0.2) is 76.9 Å². The summed E-state index contributed by atoms with van der Waals surface area (Å²) in [6.07, 6.45) is 9.19. The molecular weight excluding hydrogens is 754 g/mol. The molecule has 0 aliphatic heterocycles. The van der Waals surface area contributed by atoms with Gasteiger partial charge in [0.1, 0.15) is 30.5 Å². The average Bonchev–Trinajstić information content (AvgIpc) is 3.16. The number of alkyl halides is 1. The molecule has 1 atom stereocenters. The summed E-state index contributed by atoms with van der Waals surface area (Å²) >= 11 is 5.07. The first kappa shape index (κ1) is 54.0. The Morgan fingerprint density at radius 3 is 2.00 bits per heavy atom. The Labute approximate surface area is 344 Å². The van der Waals surface area contributed by atoms with Crippen molar-refractivity contribution < 1.29 is 33.5 Å². The van der Waals surface area contributed by atoms with Crippen molar-refractivity contribution in [2.75, 3.05) is 75.1 Å². The maximum atomic E-state index is 11.5. The summed E-state index contributed by atoms with van der Waals surface area (Å²) in [5, 5.41) is 30.7. The second kappa shape index (κ2) is 32.0. The number of anilines is 4. The number of nitrogen functional groups attached to an aromatic ring is 2. The van der Waals surface area contributed by atoms with E-state index in [0.717, 1.165) is 100 Å². The third kappa shape index (κ3) is 24.9. The van der Waals surface area contributed by atoms with Crippen LogP contribution in [0.1, 0.15) is 104 Å². The minimum Gasteiger partial charge on any atom is -0.495 e. The maximum Gasteiger partial charge on any atom is 0.305 e. The molecule has 2 aromatic carbocycles. The fourth-order valence-electron chi connectivity index (χ4n) is 5.25. The van der Waals surface area contributed by atoms with Crippen molar-refractivity contribution in [3.8, 4) is 17.9 Å². The molecule has 0 saturated heterocycles. The summed E-state index contributed by atoms with van der Waals surface area (Å²) in [5.74, 6) is 1.64. The first-order valence-electron chi connectivity index (χ1n) is 18.9. The zero-order valence-electron chi connectivity index (χ0n) is 35.0. The van der Waals surface area contributed by atoms with Crippen molar-refractivity contribution >= 4 is 58.6 Å². The summed E-state index contributed by atoms with van der Waals surface area (Å²) in [7, 11) is 5.24. The highest BCUT2D eigenvalue weighted by atomic mass is 35.5. The fourth-order valence-corrected chi connectivity index (χ4v) is 5.34. The van der Waals surface area contributed by atoms with Gasteiger partial charge in [0.05, 0.1) is 52.5 Å². The van der Waals surface area contributed by atoms with Crippen molar-refractivity contribution in [1.82, 2.24) is 0 Å². The molecule has 5 N–H and O–H groups in total. The predicted molar refractivity (Wildman–Crippen MR) is 228 cm³/mol. The topological polar surface area (TPSA) is 237 Å². The largest absolute Gasteiger partial charge is 0.495 e. The molecule has 0 heterocycles. The molecule has 2 aromatic rings. The number of hydrogen-bond donors (Lipinski definition) is 3. The number of nitro groups is 1. The molecule has 0 fully saturated rings. The zero-order valence-corrected chi connectivity index (χ0v) is 35.8. The monoisotopic (exact) mass is 817 g/mol. The predicted octanol–water partition coefficient (Wildman–Crippen LogP) is 8.06. The normalized spacial score (nSPS) is 10.6. The molecule has 0 aromatic heterocycles. The van der Waals surface area contributed by atoms with Crippen LogP contribution < -0.4 is 26.4 Å². The molecule has 0 bridgehead atoms. The van der Waals surface area contributed by atoms with Gasteiger partial charge in [-0.1, -0.05) is 34.6 Å². The van der Waals surface area contributed by atoms with Gasteiger partial charge in [-0.3, -0.25) is 14.9 Å². The number of esters is 1. The van der Waals surface area contributed by atoms with E-state index in [1.165, 1.54) is 0 Å². The number of rotatable bonds is 21. The second-order valence-corrected chi connectivity index (χ2v) is 14.5. The molecular formula is C41H64ClN7O8. The number of nitrogens with two attached hydrogens (primary N) is 2. The molecule has 0 saturated carbocycles. The van der Waals surface area contributed by atoms with Crippen molar-refractivity contribution in [2.24, 2.45) is 11.3 Å². The molecule has 57 heavy (non-hydrogen) atoms. The minimum absolute atomic E-state index is 0.0272. The number of ether oxygens (including phenoxy) is 3. The van der Waals surface area contributed by atoms with Crippen LogP contribution in [0.4, 0.5) is 28.4 Å². The van der Waals surface area contributed by atoms with E-state index in [2.05, 4.69) is 37.9 Å².